The minimum absolute atomic E-state index is 0.0693. The number of benzene rings is 2. The summed E-state index contributed by atoms with van der Waals surface area (Å²) in [6.07, 6.45) is -4.85. The van der Waals surface area contributed by atoms with Gasteiger partial charge in [0.2, 0.25) is 0 Å². The summed E-state index contributed by atoms with van der Waals surface area (Å²) in [5.74, 6) is 0.745. The molecule has 25 heavy (non-hydrogen) atoms. The van der Waals surface area contributed by atoms with E-state index in [4.69, 9.17) is 4.74 Å². The van der Waals surface area contributed by atoms with Gasteiger partial charge in [-0.3, -0.25) is 4.90 Å². The molecule has 0 radical (unpaired) electrons. The Labute approximate surface area is 145 Å². The molecule has 2 aromatic rings. The monoisotopic (exact) mass is 352 g/mol. The van der Waals surface area contributed by atoms with Crippen LogP contribution in [0.3, 0.4) is 0 Å². The molecule has 3 nitrogen and oxygen atoms in total. The van der Waals surface area contributed by atoms with Crippen molar-refractivity contribution in [2.75, 3.05) is 33.3 Å². The van der Waals surface area contributed by atoms with Gasteiger partial charge in [-0.15, -0.1) is 0 Å². The van der Waals surface area contributed by atoms with Gasteiger partial charge in [0, 0.05) is 44.0 Å². The molecule has 3 rings (SSSR count). The van der Waals surface area contributed by atoms with Crippen LogP contribution in [0.2, 0.25) is 0 Å². The van der Waals surface area contributed by atoms with Gasteiger partial charge in [-0.05, 0) is 23.4 Å². The third kappa shape index (κ3) is 4.25. The van der Waals surface area contributed by atoms with Gasteiger partial charge in [-0.2, -0.15) is 13.2 Å². The van der Waals surface area contributed by atoms with Gasteiger partial charge in [0.1, 0.15) is 5.75 Å². The first-order valence-electron chi connectivity index (χ1n) is 8.57. The number of rotatable bonds is 5. The average molecular weight is 352 g/mol. The van der Waals surface area contributed by atoms with E-state index in [-0.39, 0.29) is 12.5 Å². The number of fused-ring (bicyclic) bond motifs is 1. The van der Waals surface area contributed by atoms with Crippen LogP contribution >= 0.6 is 0 Å². The number of nitrogens with zero attached hydrogens (tertiary/aromatic N) is 1. The Balaban J connectivity index is 2.01. The van der Waals surface area contributed by atoms with Crippen molar-refractivity contribution in [3.63, 3.8) is 0 Å². The lowest BCUT2D eigenvalue weighted by Gasteiger charge is -2.36. The smallest absolute Gasteiger partial charge is 0.389 e. The molecule has 1 fully saturated rings. The van der Waals surface area contributed by atoms with Crippen LogP contribution in [0.1, 0.15) is 24.4 Å². The summed E-state index contributed by atoms with van der Waals surface area (Å²) in [5.41, 5.74) is 0.947. The molecular formula is C19H23F3N2O. The second-order valence-corrected chi connectivity index (χ2v) is 6.36. The Bertz CT molecular complexity index is 711. The maximum absolute atomic E-state index is 12.9. The minimum atomic E-state index is -4.14. The molecule has 0 amide bonds. The number of alkyl halides is 3. The minimum Gasteiger partial charge on any atom is -0.496 e. The lowest BCUT2D eigenvalue weighted by molar-refractivity contribution is -0.138. The van der Waals surface area contributed by atoms with Crippen molar-refractivity contribution >= 4 is 10.8 Å². The maximum atomic E-state index is 12.9. The molecule has 1 N–H and O–H groups in total. The zero-order chi connectivity index (χ0) is 17.9. The van der Waals surface area contributed by atoms with Crippen LogP contribution in [0.15, 0.2) is 36.4 Å². The largest absolute Gasteiger partial charge is 0.496 e. The molecule has 0 unspecified atom stereocenters. The van der Waals surface area contributed by atoms with Crippen LogP contribution in [-0.4, -0.2) is 44.4 Å². The summed E-state index contributed by atoms with van der Waals surface area (Å²) >= 11 is 0. The quantitative estimate of drug-likeness (QED) is 0.875. The summed E-state index contributed by atoms with van der Waals surface area (Å²) in [7, 11) is 1.61. The Hall–Kier alpha value is -1.79. The highest BCUT2D eigenvalue weighted by Crippen LogP contribution is 2.37. The van der Waals surface area contributed by atoms with Crippen LogP contribution in [0.4, 0.5) is 13.2 Å². The Morgan fingerprint density at radius 1 is 1.08 bits per heavy atom. The van der Waals surface area contributed by atoms with Gasteiger partial charge >= 0.3 is 6.18 Å². The van der Waals surface area contributed by atoms with E-state index >= 15 is 0 Å². The SMILES string of the molecule is COc1ccc([C@H](CCC(F)(F)F)N2CCNCC2)c2ccccc12. The maximum Gasteiger partial charge on any atom is 0.389 e. The van der Waals surface area contributed by atoms with Gasteiger partial charge in [-0.25, -0.2) is 0 Å². The molecule has 1 aliphatic heterocycles. The van der Waals surface area contributed by atoms with Crippen LogP contribution in [-0.2, 0) is 0 Å². The molecule has 0 spiro atoms. The molecule has 0 bridgehead atoms. The summed E-state index contributed by atoms with van der Waals surface area (Å²) in [4.78, 5) is 2.16. The van der Waals surface area contributed by atoms with E-state index in [0.717, 1.165) is 48.3 Å². The number of halogens is 3. The van der Waals surface area contributed by atoms with Gasteiger partial charge in [-0.1, -0.05) is 30.3 Å². The highest BCUT2D eigenvalue weighted by Gasteiger charge is 2.32. The molecule has 0 aliphatic carbocycles. The Morgan fingerprint density at radius 2 is 1.76 bits per heavy atom. The van der Waals surface area contributed by atoms with Crippen molar-refractivity contribution < 1.29 is 17.9 Å². The molecule has 1 saturated heterocycles. The summed E-state index contributed by atoms with van der Waals surface area (Å²) < 4.78 is 44.1. The van der Waals surface area contributed by atoms with Crippen molar-refractivity contribution in [3.8, 4) is 5.75 Å². The fourth-order valence-corrected chi connectivity index (χ4v) is 3.59. The Morgan fingerprint density at radius 3 is 2.40 bits per heavy atom. The van der Waals surface area contributed by atoms with Crippen LogP contribution in [0.5, 0.6) is 5.75 Å². The van der Waals surface area contributed by atoms with Gasteiger partial charge < -0.3 is 10.1 Å². The Kier molecular flexibility index (Phi) is 5.49. The number of methoxy groups -OCH3 is 1. The van der Waals surface area contributed by atoms with E-state index in [1.165, 1.54) is 0 Å². The number of nitrogens with one attached hydrogen (secondary N) is 1. The lowest BCUT2D eigenvalue weighted by atomic mass is 9.93. The van der Waals surface area contributed by atoms with E-state index in [2.05, 4.69) is 10.2 Å². The highest BCUT2D eigenvalue weighted by molar-refractivity contribution is 5.91. The normalized spacial score (nSPS) is 17.6. The predicted molar refractivity (Wildman–Crippen MR) is 93.0 cm³/mol. The first-order valence-corrected chi connectivity index (χ1v) is 8.57. The van der Waals surface area contributed by atoms with Gasteiger partial charge in [0.25, 0.3) is 0 Å². The first-order chi connectivity index (χ1) is 12.0. The molecule has 136 valence electrons. The van der Waals surface area contributed by atoms with E-state index in [1.807, 2.05) is 36.4 Å². The van der Waals surface area contributed by atoms with Crippen LogP contribution in [0.25, 0.3) is 10.8 Å². The predicted octanol–water partition coefficient (Wildman–Crippen LogP) is 4.14. The van der Waals surface area contributed by atoms with Gasteiger partial charge in [0.05, 0.1) is 7.11 Å². The standard InChI is InChI=1S/C19H23F3N2O/c1-25-18-7-6-15(14-4-2-3-5-16(14)18)17(8-9-19(20,21)22)24-12-10-23-11-13-24/h2-7,17,23H,8-13H2,1H3/t17-/m0/s1. The topological polar surface area (TPSA) is 24.5 Å². The van der Waals surface area contributed by atoms with Crippen molar-refractivity contribution in [2.24, 2.45) is 0 Å². The van der Waals surface area contributed by atoms with E-state index in [0.29, 0.717) is 0 Å². The fourth-order valence-electron chi connectivity index (χ4n) is 3.59. The van der Waals surface area contributed by atoms with Crippen LogP contribution < -0.4 is 10.1 Å². The van der Waals surface area contributed by atoms with E-state index in [1.54, 1.807) is 7.11 Å². The first kappa shape index (κ1) is 18.0. The van der Waals surface area contributed by atoms with E-state index < -0.39 is 12.6 Å². The molecule has 6 heteroatoms. The van der Waals surface area contributed by atoms with Crippen molar-refractivity contribution in [1.82, 2.24) is 10.2 Å². The average Bonchev–Trinajstić information content (AvgIpc) is 2.62. The second kappa shape index (κ2) is 7.62. The van der Waals surface area contributed by atoms with Crippen LogP contribution in [0, 0.1) is 0 Å². The van der Waals surface area contributed by atoms with Crippen molar-refractivity contribution in [3.05, 3.63) is 42.0 Å². The number of ether oxygens (including phenoxy) is 1. The highest BCUT2D eigenvalue weighted by atomic mass is 19.4. The lowest BCUT2D eigenvalue weighted by Crippen LogP contribution is -2.45. The zero-order valence-electron chi connectivity index (χ0n) is 14.3. The third-order valence-corrected chi connectivity index (χ3v) is 4.79. The zero-order valence-corrected chi connectivity index (χ0v) is 14.3. The summed E-state index contributed by atoms with van der Waals surface area (Å²) in [6, 6.07) is 11.3. The molecule has 1 heterocycles. The molecule has 0 saturated carbocycles. The second-order valence-electron chi connectivity index (χ2n) is 6.36. The number of piperazine rings is 1. The third-order valence-electron chi connectivity index (χ3n) is 4.79. The molecular weight excluding hydrogens is 329 g/mol. The van der Waals surface area contributed by atoms with Crippen molar-refractivity contribution in [1.29, 1.82) is 0 Å². The summed E-state index contributed by atoms with van der Waals surface area (Å²) in [5, 5.41) is 5.17. The molecule has 1 atom stereocenters. The number of hydrogen-bond donors (Lipinski definition) is 1. The summed E-state index contributed by atoms with van der Waals surface area (Å²) in [6.45, 7) is 3.11. The number of hydrogen-bond acceptors (Lipinski definition) is 3. The molecule has 2 aromatic carbocycles. The van der Waals surface area contributed by atoms with Crippen molar-refractivity contribution in [2.45, 2.75) is 25.1 Å². The van der Waals surface area contributed by atoms with Gasteiger partial charge in [0.15, 0.2) is 0 Å². The molecule has 1 aliphatic rings. The molecule has 0 aromatic heterocycles. The fraction of sp³-hybridized carbons (Fsp3) is 0.474. The van der Waals surface area contributed by atoms with E-state index in [9.17, 15) is 13.2 Å².